The van der Waals surface area contributed by atoms with E-state index >= 15 is 0 Å². The second kappa shape index (κ2) is 6.83. The number of hydrogen-bond donors (Lipinski definition) is 1. The van der Waals surface area contributed by atoms with Crippen LogP contribution in [0.2, 0.25) is 15.1 Å². The minimum absolute atomic E-state index is 0.0121. The van der Waals surface area contributed by atoms with Crippen molar-refractivity contribution in [1.82, 2.24) is 0 Å². The predicted octanol–water partition coefficient (Wildman–Crippen LogP) is 5.93. The molecule has 0 fully saturated rings. The standard InChI is InChI=1S/C13H8BrCl3N2O2/c14-8-2-1-7(12(3-8)19(20)21)6-18-13-10(16)4-9(15)5-11(13)17/h1-5,18H,6H2. The summed E-state index contributed by atoms with van der Waals surface area (Å²) < 4.78 is 0.639. The first-order valence-electron chi connectivity index (χ1n) is 5.69. The minimum atomic E-state index is -0.438. The molecule has 0 spiro atoms. The fraction of sp³-hybridized carbons (Fsp3) is 0.0769. The zero-order chi connectivity index (χ0) is 15.6. The number of nitro groups is 1. The molecule has 0 saturated carbocycles. The Labute approximate surface area is 144 Å². The molecule has 0 aliphatic rings. The summed E-state index contributed by atoms with van der Waals surface area (Å²) in [5, 5.41) is 15.2. The van der Waals surface area contributed by atoms with Crippen LogP contribution in [0.15, 0.2) is 34.8 Å². The molecule has 2 rings (SSSR count). The van der Waals surface area contributed by atoms with Crippen molar-refractivity contribution in [3.8, 4) is 0 Å². The molecule has 8 heteroatoms. The van der Waals surface area contributed by atoms with Crippen LogP contribution in [0.25, 0.3) is 0 Å². The molecule has 0 aliphatic heterocycles. The molecule has 2 aromatic carbocycles. The molecule has 0 aliphatic carbocycles. The van der Waals surface area contributed by atoms with Crippen LogP contribution in [-0.2, 0) is 6.54 Å². The van der Waals surface area contributed by atoms with E-state index in [1.165, 1.54) is 6.07 Å². The van der Waals surface area contributed by atoms with Gasteiger partial charge in [-0.05, 0) is 24.3 Å². The first-order valence-corrected chi connectivity index (χ1v) is 7.62. The molecule has 4 nitrogen and oxygen atoms in total. The van der Waals surface area contributed by atoms with Crippen molar-refractivity contribution >= 4 is 62.1 Å². The Balaban J connectivity index is 2.27. The molecule has 110 valence electrons. The normalized spacial score (nSPS) is 10.5. The van der Waals surface area contributed by atoms with Crippen molar-refractivity contribution in [1.29, 1.82) is 0 Å². The van der Waals surface area contributed by atoms with Crippen LogP contribution in [0.5, 0.6) is 0 Å². The third-order valence-electron chi connectivity index (χ3n) is 2.71. The maximum absolute atomic E-state index is 11.1. The Kier molecular flexibility index (Phi) is 5.32. The molecule has 0 atom stereocenters. The van der Waals surface area contributed by atoms with Gasteiger partial charge in [0.25, 0.3) is 5.69 Å². The number of halogens is 4. The SMILES string of the molecule is O=[N+]([O-])c1cc(Br)ccc1CNc1c(Cl)cc(Cl)cc1Cl. The summed E-state index contributed by atoms with van der Waals surface area (Å²) >= 11 is 21.2. The molecule has 0 saturated heterocycles. The highest BCUT2D eigenvalue weighted by atomic mass is 79.9. The largest absolute Gasteiger partial charge is 0.378 e. The van der Waals surface area contributed by atoms with E-state index in [0.29, 0.717) is 30.8 Å². The van der Waals surface area contributed by atoms with E-state index in [2.05, 4.69) is 21.2 Å². The van der Waals surface area contributed by atoms with Crippen molar-refractivity contribution < 1.29 is 4.92 Å². The van der Waals surface area contributed by atoms with Gasteiger partial charge in [0.2, 0.25) is 0 Å². The lowest BCUT2D eigenvalue weighted by Crippen LogP contribution is -2.04. The second-order valence-corrected chi connectivity index (χ2v) is 6.29. The number of anilines is 1. The van der Waals surface area contributed by atoms with Crippen molar-refractivity contribution in [2.75, 3.05) is 5.32 Å². The number of benzene rings is 2. The number of nitrogens with one attached hydrogen (secondary N) is 1. The number of nitro benzene ring substituents is 1. The molecule has 0 bridgehead atoms. The summed E-state index contributed by atoms with van der Waals surface area (Å²) in [6, 6.07) is 7.94. The van der Waals surface area contributed by atoms with Crippen LogP contribution >= 0.6 is 50.7 Å². The van der Waals surface area contributed by atoms with Gasteiger partial charge in [-0.3, -0.25) is 10.1 Å². The fourth-order valence-corrected chi connectivity index (χ4v) is 3.05. The fourth-order valence-electron chi connectivity index (χ4n) is 1.75. The monoisotopic (exact) mass is 408 g/mol. The minimum Gasteiger partial charge on any atom is -0.378 e. The van der Waals surface area contributed by atoms with Crippen molar-refractivity contribution in [3.63, 3.8) is 0 Å². The van der Waals surface area contributed by atoms with Crippen LogP contribution in [-0.4, -0.2) is 4.92 Å². The van der Waals surface area contributed by atoms with Crippen LogP contribution in [0.3, 0.4) is 0 Å². The van der Waals surface area contributed by atoms with Gasteiger partial charge in [-0.2, -0.15) is 0 Å². The van der Waals surface area contributed by atoms with Crippen LogP contribution < -0.4 is 5.32 Å². The molecule has 2 aromatic rings. The van der Waals surface area contributed by atoms with E-state index < -0.39 is 4.92 Å². The van der Waals surface area contributed by atoms with E-state index in [-0.39, 0.29) is 12.2 Å². The highest BCUT2D eigenvalue weighted by molar-refractivity contribution is 9.10. The Morgan fingerprint density at radius 2 is 1.76 bits per heavy atom. The van der Waals surface area contributed by atoms with E-state index in [0.717, 1.165) is 0 Å². The second-order valence-electron chi connectivity index (χ2n) is 4.13. The van der Waals surface area contributed by atoms with E-state index in [4.69, 9.17) is 34.8 Å². The summed E-state index contributed by atoms with van der Waals surface area (Å²) in [4.78, 5) is 10.6. The molecule has 21 heavy (non-hydrogen) atoms. The lowest BCUT2D eigenvalue weighted by atomic mass is 10.1. The average molecular weight is 410 g/mol. The molecule has 0 heterocycles. The molecule has 0 aromatic heterocycles. The predicted molar refractivity (Wildman–Crippen MR) is 89.6 cm³/mol. The van der Waals surface area contributed by atoms with E-state index in [1.54, 1.807) is 24.3 Å². The molecular formula is C13H8BrCl3N2O2. The third-order valence-corrected chi connectivity index (χ3v) is 4.01. The average Bonchev–Trinajstić information content (AvgIpc) is 2.38. The van der Waals surface area contributed by atoms with E-state index in [9.17, 15) is 10.1 Å². The zero-order valence-corrected chi connectivity index (χ0v) is 14.2. The Morgan fingerprint density at radius 1 is 1.14 bits per heavy atom. The molecule has 0 radical (unpaired) electrons. The zero-order valence-electron chi connectivity index (χ0n) is 10.4. The summed E-state index contributed by atoms with van der Waals surface area (Å²) in [5.74, 6) is 0. The van der Waals surface area contributed by atoms with Gasteiger partial charge >= 0.3 is 0 Å². The van der Waals surface area contributed by atoms with Gasteiger partial charge in [-0.1, -0.05) is 50.7 Å². The quantitative estimate of drug-likeness (QED) is 0.502. The maximum atomic E-state index is 11.1. The van der Waals surface area contributed by atoms with Crippen molar-refractivity contribution in [2.24, 2.45) is 0 Å². The Morgan fingerprint density at radius 3 is 2.33 bits per heavy atom. The Hall–Kier alpha value is -1.01. The maximum Gasteiger partial charge on any atom is 0.275 e. The molecule has 1 N–H and O–H groups in total. The summed E-state index contributed by atoms with van der Waals surface area (Å²) in [7, 11) is 0. The van der Waals surface area contributed by atoms with Gasteiger partial charge in [0, 0.05) is 27.7 Å². The van der Waals surface area contributed by atoms with Crippen LogP contribution in [0.4, 0.5) is 11.4 Å². The van der Waals surface area contributed by atoms with E-state index in [1.807, 2.05) is 0 Å². The molecule has 0 amide bonds. The smallest absolute Gasteiger partial charge is 0.275 e. The third kappa shape index (κ3) is 4.01. The summed E-state index contributed by atoms with van der Waals surface area (Å²) in [6.07, 6.45) is 0. The van der Waals surface area contributed by atoms with Gasteiger partial charge in [0.05, 0.1) is 20.7 Å². The van der Waals surface area contributed by atoms with Crippen LogP contribution in [0.1, 0.15) is 5.56 Å². The highest BCUT2D eigenvalue weighted by Crippen LogP contribution is 2.34. The van der Waals surface area contributed by atoms with Crippen molar-refractivity contribution in [3.05, 3.63) is 65.6 Å². The lowest BCUT2D eigenvalue weighted by molar-refractivity contribution is -0.385. The van der Waals surface area contributed by atoms with Crippen LogP contribution in [0, 0.1) is 10.1 Å². The van der Waals surface area contributed by atoms with Gasteiger partial charge in [0.1, 0.15) is 0 Å². The number of rotatable bonds is 4. The van der Waals surface area contributed by atoms with Gasteiger partial charge in [-0.25, -0.2) is 0 Å². The summed E-state index contributed by atoms with van der Waals surface area (Å²) in [6.45, 7) is 0.213. The number of hydrogen-bond acceptors (Lipinski definition) is 3. The first kappa shape index (κ1) is 16.4. The topological polar surface area (TPSA) is 55.2 Å². The highest BCUT2D eigenvalue weighted by Gasteiger charge is 2.15. The Bertz CT molecular complexity index is 687. The first-order chi connectivity index (χ1) is 9.88. The summed E-state index contributed by atoms with van der Waals surface area (Å²) in [5.41, 5.74) is 1.02. The lowest BCUT2D eigenvalue weighted by Gasteiger charge is -2.11. The number of nitrogens with zero attached hydrogens (tertiary/aromatic N) is 1. The molecular weight excluding hydrogens is 402 g/mol. The van der Waals surface area contributed by atoms with Gasteiger partial charge in [0.15, 0.2) is 0 Å². The van der Waals surface area contributed by atoms with Gasteiger partial charge < -0.3 is 5.32 Å². The molecule has 0 unspecified atom stereocenters. The van der Waals surface area contributed by atoms with Crippen molar-refractivity contribution in [2.45, 2.75) is 6.54 Å². The van der Waals surface area contributed by atoms with Gasteiger partial charge in [-0.15, -0.1) is 0 Å².